The van der Waals surface area contributed by atoms with Crippen molar-refractivity contribution in [1.82, 2.24) is 10.2 Å². The molecule has 1 atom stereocenters. The van der Waals surface area contributed by atoms with Crippen molar-refractivity contribution in [3.8, 4) is 0 Å². The lowest BCUT2D eigenvalue weighted by Gasteiger charge is -2.34. The summed E-state index contributed by atoms with van der Waals surface area (Å²) >= 11 is 0. The summed E-state index contributed by atoms with van der Waals surface area (Å²) in [5, 5.41) is 3.22. The fourth-order valence-corrected chi connectivity index (χ4v) is 1.81. The molecule has 1 heterocycles. The largest absolute Gasteiger partial charge is 0.465 e. The summed E-state index contributed by atoms with van der Waals surface area (Å²) in [5.41, 5.74) is 1.16. The van der Waals surface area contributed by atoms with E-state index in [9.17, 15) is 4.79 Å². The molecule has 0 aliphatic carbocycles. The van der Waals surface area contributed by atoms with Crippen molar-refractivity contribution in [2.75, 3.05) is 32.8 Å². The summed E-state index contributed by atoms with van der Waals surface area (Å²) in [6.45, 7) is 11.6. The molecule has 1 saturated heterocycles. The third-order valence-electron chi connectivity index (χ3n) is 2.84. The molecule has 1 fully saturated rings. The molecular weight excluding hydrogens is 204 g/mol. The molecule has 4 heteroatoms. The Bertz CT molecular complexity index is 253. The second-order valence-electron chi connectivity index (χ2n) is 4.05. The molecule has 1 N–H and O–H groups in total. The molecular formula is C12H22N2O2. The summed E-state index contributed by atoms with van der Waals surface area (Å²) in [6, 6.07) is -0.156. The van der Waals surface area contributed by atoms with Crippen LogP contribution in [-0.2, 0) is 9.53 Å². The molecule has 0 spiro atoms. The zero-order valence-electron chi connectivity index (χ0n) is 10.3. The Kier molecular flexibility index (Phi) is 5.49. The van der Waals surface area contributed by atoms with Crippen LogP contribution < -0.4 is 5.32 Å². The second kappa shape index (κ2) is 6.66. The van der Waals surface area contributed by atoms with Gasteiger partial charge in [-0.3, -0.25) is 9.69 Å². The first-order valence-corrected chi connectivity index (χ1v) is 5.97. The first kappa shape index (κ1) is 13.2. The normalized spacial score (nSPS) is 21.8. The van der Waals surface area contributed by atoms with Gasteiger partial charge in [-0.05, 0) is 13.3 Å². The van der Waals surface area contributed by atoms with Crippen LogP contribution >= 0.6 is 0 Å². The Morgan fingerprint density at radius 1 is 1.56 bits per heavy atom. The van der Waals surface area contributed by atoms with Gasteiger partial charge in [0.05, 0.1) is 6.61 Å². The maximum atomic E-state index is 11.7. The van der Waals surface area contributed by atoms with Gasteiger partial charge in [-0.1, -0.05) is 19.1 Å². The SMILES string of the molecule is C=C(CC)CN1CCNCC1C(=O)OCC. The van der Waals surface area contributed by atoms with Gasteiger partial charge in [0.15, 0.2) is 0 Å². The number of piperazine rings is 1. The van der Waals surface area contributed by atoms with Crippen molar-refractivity contribution in [3.63, 3.8) is 0 Å². The average Bonchev–Trinajstić information content (AvgIpc) is 2.30. The summed E-state index contributed by atoms with van der Waals surface area (Å²) in [7, 11) is 0. The van der Waals surface area contributed by atoms with Crippen molar-refractivity contribution in [1.29, 1.82) is 0 Å². The van der Waals surface area contributed by atoms with E-state index in [0.717, 1.165) is 31.6 Å². The molecule has 0 bridgehead atoms. The fraction of sp³-hybridized carbons (Fsp3) is 0.750. The predicted octanol–water partition coefficient (Wildman–Crippen LogP) is 0.789. The molecule has 0 saturated carbocycles. The zero-order chi connectivity index (χ0) is 12.0. The minimum absolute atomic E-state index is 0.126. The van der Waals surface area contributed by atoms with E-state index >= 15 is 0 Å². The molecule has 0 aromatic heterocycles. The molecule has 1 rings (SSSR count). The second-order valence-corrected chi connectivity index (χ2v) is 4.05. The van der Waals surface area contributed by atoms with Crippen LogP contribution in [0.15, 0.2) is 12.2 Å². The van der Waals surface area contributed by atoms with E-state index in [1.165, 1.54) is 0 Å². The molecule has 0 radical (unpaired) electrons. The van der Waals surface area contributed by atoms with Gasteiger partial charge < -0.3 is 10.1 Å². The van der Waals surface area contributed by atoms with Crippen molar-refractivity contribution in [2.24, 2.45) is 0 Å². The third-order valence-corrected chi connectivity index (χ3v) is 2.84. The first-order valence-electron chi connectivity index (χ1n) is 5.97. The van der Waals surface area contributed by atoms with E-state index < -0.39 is 0 Å². The van der Waals surface area contributed by atoms with E-state index in [4.69, 9.17) is 4.74 Å². The van der Waals surface area contributed by atoms with Gasteiger partial charge in [0.2, 0.25) is 0 Å². The molecule has 1 aliphatic heterocycles. The Morgan fingerprint density at radius 3 is 2.94 bits per heavy atom. The summed E-state index contributed by atoms with van der Waals surface area (Å²) in [4.78, 5) is 13.9. The molecule has 1 aliphatic rings. The fourth-order valence-electron chi connectivity index (χ4n) is 1.81. The number of nitrogens with one attached hydrogen (secondary N) is 1. The Morgan fingerprint density at radius 2 is 2.31 bits per heavy atom. The number of hydrogen-bond donors (Lipinski definition) is 1. The van der Waals surface area contributed by atoms with E-state index in [1.54, 1.807) is 0 Å². The van der Waals surface area contributed by atoms with Crippen LogP contribution in [0.1, 0.15) is 20.3 Å². The lowest BCUT2D eigenvalue weighted by Crippen LogP contribution is -2.55. The van der Waals surface area contributed by atoms with Gasteiger partial charge in [-0.25, -0.2) is 0 Å². The molecule has 1 unspecified atom stereocenters. The lowest BCUT2D eigenvalue weighted by atomic mass is 10.1. The predicted molar refractivity (Wildman–Crippen MR) is 64.3 cm³/mol. The van der Waals surface area contributed by atoms with Crippen molar-refractivity contribution < 1.29 is 9.53 Å². The first-order chi connectivity index (χ1) is 7.69. The van der Waals surface area contributed by atoms with E-state index in [2.05, 4.69) is 23.7 Å². The monoisotopic (exact) mass is 226 g/mol. The van der Waals surface area contributed by atoms with Gasteiger partial charge in [0, 0.05) is 26.2 Å². The van der Waals surface area contributed by atoms with E-state index in [1.807, 2.05) is 6.92 Å². The molecule has 4 nitrogen and oxygen atoms in total. The van der Waals surface area contributed by atoms with Crippen molar-refractivity contribution in [2.45, 2.75) is 26.3 Å². The smallest absolute Gasteiger partial charge is 0.324 e. The maximum Gasteiger partial charge on any atom is 0.324 e. The van der Waals surface area contributed by atoms with Crippen LogP contribution in [0.5, 0.6) is 0 Å². The van der Waals surface area contributed by atoms with Crippen molar-refractivity contribution >= 4 is 5.97 Å². The quantitative estimate of drug-likeness (QED) is 0.556. The highest BCUT2D eigenvalue weighted by Crippen LogP contribution is 2.09. The number of hydrogen-bond acceptors (Lipinski definition) is 4. The van der Waals surface area contributed by atoms with Crippen LogP contribution in [0.3, 0.4) is 0 Å². The summed E-state index contributed by atoms with van der Waals surface area (Å²) in [5.74, 6) is -0.126. The Labute approximate surface area is 97.6 Å². The van der Waals surface area contributed by atoms with Crippen LogP contribution in [0, 0.1) is 0 Å². The summed E-state index contributed by atoms with van der Waals surface area (Å²) in [6.07, 6.45) is 0.958. The highest BCUT2D eigenvalue weighted by molar-refractivity contribution is 5.76. The van der Waals surface area contributed by atoms with Crippen LogP contribution in [0.25, 0.3) is 0 Å². The molecule has 0 amide bonds. The standard InChI is InChI=1S/C12H22N2O2/c1-4-10(3)9-14-7-6-13-8-11(14)12(15)16-5-2/h11,13H,3-9H2,1-2H3. The molecule has 0 aromatic carbocycles. The number of carbonyl (C=O) groups excluding carboxylic acids is 1. The van der Waals surface area contributed by atoms with E-state index in [-0.39, 0.29) is 12.0 Å². The molecule has 16 heavy (non-hydrogen) atoms. The number of esters is 1. The van der Waals surface area contributed by atoms with Crippen LogP contribution in [0.4, 0.5) is 0 Å². The van der Waals surface area contributed by atoms with Gasteiger partial charge in [-0.15, -0.1) is 0 Å². The Balaban J connectivity index is 2.56. The van der Waals surface area contributed by atoms with Gasteiger partial charge in [0.25, 0.3) is 0 Å². The van der Waals surface area contributed by atoms with Crippen LogP contribution in [0.2, 0.25) is 0 Å². The number of rotatable bonds is 5. The van der Waals surface area contributed by atoms with Gasteiger partial charge in [0.1, 0.15) is 6.04 Å². The van der Waals surface area contributed by atoms with Gasteiger partial charge in [-0.2, -0.15) is 0 Å². The summed E-state index contributed by atoms with van der Waals surface area (Å²) < 4.78 is 5.08. The molecule has 92 valence electrons. The highest BCUT2D eigenvalue weighted by atomic mass is 16.5. The number of ether oxygens (including phenoxy) is 1. The lowest BCUT2D eigenvalue weighted by molar-refractivity contribution is -0.150. The third kappa shape index (κ3) is 3.61. The van der Waals surface area contributed by atoms with Gasteiger partial charge >= 0.3 is 5.97 Å². The van der Waals surface area contributed by atoms with E-state index in [0.29, 0.717) is 13.2 Å². The minimum atomic E-state index is -0.156. The number of nitrogens with zero attached hydrogens (tertiary/aromatic N) is 1. The topological polar surface area (TPSA) is 41.6 Å². The Hall–Kier alpha value is -0.870. The number of carbonyl (C=O) groups is 1. The highest BCUT2D eigenvalue weighted by Gasteiger charge is 2.29. The van der Waals surface area contributed by atoms with Crippen LogP contribution in [-0.4, -0.2) is 49.7 Å². The molecule has 0 aromatic rings. The minimum Gasteiger partial charge on any atom is -0.465 e. The average molecular weight is 226 g/mol. The maximum absolute atomic E-state index is 11.7. The van der Waals surface area contributed by atoms with Crippen molar-refractivity contribution in [3.05, 3.63) is 12.2 Å². The zero-order valence-corrected chi connectivity index (χ0v) is 10.3.